The van der Waals surface area contributed by atoms with Crippen molar-refractivity contribution in [1.29, 1.82) is 0 Å². The van der Waals surface area contributed by atoms with Crippen LogP contribution in [-0.4, -0.2) is 64.5 Å². The van der Waals surface area contributed by atoms with Crippen LogP contribution >= 0.6 is 11.6 Å². The van der Waals surface area contributed by atoms with Crippen molar-refractivity contribution >= 4 is 29.2 Å². The smallest absolute Gasteiger partial charge is 0.282 e. The predicted octanol–water partition coefficient (Wildman–Crippen LogP) is 4.98. The molecule has 2 N–H and O–H groups in total. The first-order valence-corrected chi connectivity index (χ1v) is 15.3. The Bertz CT molecular complexity index is 1640. The fourth-order valence-electron chi connectivity index (χ4n) is 5.70. The summed E-state index contributed by atoms with van der Waals surface area (Å²) in [5, 5.41) is 6.44. The Hall–Kier alpha value is -3.67. The molecule has 1 aromatic carbocycles. The Morgan fingerprint density at radius 1 is 1.09 bits per heavy atom. The van der Waals surface area contributed by atoms with Crippen LogP contribution in [0, 0.1) is 0 Å². The third-order valence-corrected chi connectivity index (χ3v) is 8.43. The summed E-state index contributed by atoms with van der Waals surface area (Å²) in [6.45, 7) is 0.604. The fraction of sp³-hybridized carbons (Fsp3) is 0.438. The van der Waals surface area contributed by atoms with Crippen molar-refractivity contribution < 1.29 is 23.1 Å². The van der Waals surface area contributed by atoms with Crippen LogP contribution in [0.5, 0.6) is 0 Å². The van der Waals surface area contributed by atoms with Crippen LogP contribution in [0.15, 0.2) is 47.4 Å². The molecule has 3 fully saturated rings. The average molecular weight is 626 g/mol. The van der Waals surface area contributed by atoms with Gasteiger partial charge in [-0.3, -0.25) is 14.4 Å². The van der Waals surface area contributed by atoms with Crippen molar-refractivity contribution in [2.24, 2.45) is 7.05 Å². The second-order valence-electron chi connectivity index (χ2n) is 11.9. The quantitative estimate of drug-likeness (QED) is 0.348. The van der Waals surface area contributed by atoms with E-state index in [1.807, 2.05) is 6.07 Å². The lowest BCUT2D eigenvalue weighted by molar-refractivity contribution is -0.113. The minimum atomic E-state index is -2.91. The van der Waals surface area contributed by atoms with E-state index >= 15 is 0 Å². The number of likely N-dealkylation sites (tertiary alicyclic amines) is 1. The molecule has 1 saturated carbocycles. The number of carbonyl (C=O) groups excluding carboxylic acids is 2. The maximum atomic E-state index is 13.5. The van der Waals surface area contributed by atoms with E-state index in [-0.39, 0.29) is 29.0 Å². The average Bonchev–Trinajstić information content (AvgIpc) is 3.83. The Balaban J connectivity index is 1.25. The van der Waals surface area contributed by atoms with E-state index in [0.717, 1.165) is 54.9 Å². The molecule has 1 atom stereocenters. The topological polar surface area (TPSA) is 106 Å². The molecule has 0 bridgehead atoms. The summed E-state index contributed by atoms with van der Waals surface area (Å²) in [5.41, 5.74) is 2.29. The number of hydrogen-bond acceptors (Lipinski definition) is 6. The van der Waals surface area contributed by atoms with E-state index in [1.165, 1.54) is 10.6 Å². The second kappa shape index (κ2) is 12.4. The molecule has 3 aromatic rings. The first-order chi connectivity index (χ1) is 21.1. The standard InChI is InChI=1S/C32H34ClF2N5O4/c1-39-16-19(14-36-15-23-4-2-3-9-44-23)10-26(30(39)42)29(41)38-28-12-21(11-27(37-28)20-5-6-20)24-8-7-22(33)13-25(24)31(43)40-17-32(34,35)18-40/h7-8,10-13,16,20,23,36H,2-6,9,14-15,17-18H2,1H3,(H,37,38,41). The normalized spacial score (nSPS) is 19.4. The van der Waals surface area contributed by atoms with Crippen molar-refractivity contribution in [2.75, 3.05) is 31.6 Å². The molecule has 9 nitrogen and oxygen atoms in total. The van der Waals surface area contributed by atoms with Gasteiger partial charge in [0.25, 0.3) is 23.3 Å². The van der Waals surface area contributed by atoms with Gasteiger partial charge in [0.1, 0.15) is 11.4 Å². The zero-order valence-electron chi connectivity index (χ0n) is 24.4. The maximum absolute atomic E-state index is 13.5. The Labute approximate surface area is 258 Å². The van der Waals surface area contributed by atoms with E-state index in [4.69, 9.17) is 16.3 Å². The van der Waals surface area contributed by atoms with E-state index in [1.54, 1.807) is 37.5 Å². The number of amides is 2. The molecular formula is C32H34ClF2N5O4. The summed E-state index contributed by atoms with van der Waals surface area (Å²) in [5.74, 6) is -3.65. The van der Waals surface area contributed by atoms with Crippen LogP contribution in [0.4, 0.5) is 14.6 Å². The van der Waals surface area contributed by atoms with Gasteiger partial charge in [-0.25, -0.2) is 13.8 Å². The van der Waals surface area contributed by atoms with Crippen molar-refractivity contribution in [3.05, 3.63) is 80.4 Å². The van der Waals surface area contributed by atoms with Gasteiger partial charge < -0.3 is 24.8 Å². The van der Waals surface area contributed by atoms with Gasteiger partial charge in [0.2, 0.25) is 0 Å². The first kappa shape index (κ1) is 30.4. The number of anilines is 1. The second-order valence-corrected chi connectivity index (χ2v) is 12.3. The number of pyridine rings is 2. The molecule has 44 heavy (non-hydrogen) atoms. The zero-order chi connectivity index (χ0) is 31.0. The molecular weight excluding hydrogens is 592 g/mol. The van der Waals surface area contributed by atoms with Crippen molar-refractivity contribution in [1.82, 2.24) is 19.8 Å². The van der Waals surface area contributed by atoms with E-state index in [2.05, 4.69) is 15.6 Å². The highest BCUT2D eigenvalue weighted by molar-refractivity contribution is 6.31. The Morgan fingerprint density at radius 3 is 2.59 bits per heavy atom. The molecule has 6 rings (SSSR count). The number of nitrogens with zero attached hydrogens (tertiary/aromatic N) is 3. The highest BCUT2D eigenvalue weighted by Gasteiger charge is 2.46. The molecule has 0 spiro atoms. The third kappa shape index (κ3) is 6.85. The molecule has 2 aromatic heterocycles. The minimum absolute atomic E-state index is 0.0260. The number of hydrogen-bond donors (Lipinski definition) is 2. The number of ether oxygens (including phenoxy) is 1. The van der Waals surface area contributed by atoms with Crippen LogP contribution in [0.25, 0.3) is 11.1 Å². The first-order valence-electron chi connectivity index (χ1n) is 14.9. The molecule has 4 heterocycles. The van der Waals surface area contributed by atoms with Gasteiger partial charge in [-0.15, -0.1) is 0 Å². The van der Waals surface area contributed by atoms with E-state index in [9.17, 15) is 23.2 Å². The summed E-state index contributed by atoms with van der Waals surface area (Å²) in [6, 6.07) is 9.80. The predicted molar refractivity (Wildman–Crippen MR) is 162 cm³/mol. The summed E-state index contributed by atoms with van der Waals surface area (Å²) in [7, 11) is 1.60. The lowest BCUT2D eigenvalue weighted by atomic mass is 9.96. The summed E-state index contributed by atoms with van der Waals surface area (Å²) < 4.78 is 34.2. The fourth-order valence-corrected chi connectivity index (χ4v) is 5.87. The number of aryl methyl sites for hydroxylation is 1. The van der Waals surface area contributed by atoms with Crippen molar-refractivity contribution in [3.63, 3.8) is 0 Å². The molecule has 1 unspecified atom stereocenters. The van der Waals surface area contributed by atoms with Gasteiger partial charge >= 0.3 is 0 Å². The molecule has 2 amide bonds. The summed E-state index contributed by atoms with van der Waals surface area (Å²) in [4.78, 5) is 45.4. The number of nitrogens with one attached hydrogen (secondary N) is 2. The molecule has 3 aliphatic rings. The van der Waals surface area contributed by atoms with Gasteiger partial charge in [0.15, 0.2) is 0 Å². The number of rotatable bonds is 9. The van der Waals surface area contributed by atoms with Crippen LogP contribution < -0.4 is 16.2 Å². The molecule has 0 radical (unpaired) electrons. The van der Waals surface area contributed by atoms with Gasteiger partial charge in [0.05, 0.1) is 19.2 Å². The van der Waals surface area contributed by atoms with Gasteiger partial charge in [0, 0.05) is 55.1 Å². The van der Waals surface area contributed by atoms with Crippen LogP contribution in [0.3, 0.4) is 0 Å². The van der Waals surface area contributed by atoms with Crippen molar-refractivity contribution in [2.45, 2.75) is 56.6 Å². The molecule has 2 saturated heterocycles. The van der Waals surface area contributed by atoms with Gasteiger partial charge in [-0.05, 0) is 79.1 Å². The van der Waals surface area contributed by atoms with Gasteiger partial charge in [-0.2, -0.15) is 0 Å². The van der Waals surface area contributed by atoms with E-state index < -0.39 is 36.4 Å². The largest absolute Gasteiger partial charge is 0.377 e. The molecule has 2 aliphatic heterocycles. The molecule has 232 valence electrons. The Morgan fingerprint density at radius 2 is 1.89 bits per heavy atom. The highest BCUT2D eigenvalue weighted by atomic mass is 35.5. The van der Waals surface area contributed by atoms with Crippen molar-refractivity contribution in [3.8, 4) is 11.1 Å². The van der Waals surface area contributed by atoms with Crippen LogP contribution in [0.1, 0.15) is 70.0 Å². The minimum Gasteiger partial charge on any atom is -0.377 e. The van der Waals surface area contributed by atoms with Crippen LogP contribution in [0.2, 0.25) is 5.02 Å². The lowest BCUT2D eigenvalue weighted by Crippen LogP contribution is -2.58. The highest BCUT2D eigenvalue weighted by Crippen LogP contribution is 2.42. The number of benzene rings is 1. The number of aromatic nitrogens is 2. The van der Waals surface area contributed by atoms with Crippen LogP contribution in [-0.2, 0) is 18.3 Å². The lowest BCUT2D eigenvalue weighted by Gasteiger charge is -2.39. The van der Waals surface area contributed by atoms with E-state index in [0.29, 0.717) is 29.2 Å². The molecule has 12 heteroatoms. The number of alkyl halides is 2. The SMILES string of the molecule is Cn1cc(CNCC2CCCCO2)cc(C(=O)Nc2cc(-c3ccc(Cl)cc3C(=O)N3CC(F)(F)C3)cc(C3CC3)n2)c1=O. The maximum Gasteiger partial charge on any atom is 0.282 e. The molecule has 1 aliphatic carbocycles. The van der Waals surface area contributed by atoms with Gasteiger partial charge in [-0.1, -0.05) is 17.7 Å². The zero-order valence-corrected chi connectivity index (χ0v) is 25.1. The Kier molecular flexibility index (Phi) is 8.54. The third-order valence-electron chi connectivity index (χ3n) is 8.20. The monoisotopic (exact) mass is 625 g/mol. The number of halogens is 3. The summed E-state index contributed by atoms with van der Waals surface area (Å²) in [6.07, 6.45) is 6.94. The number of carbonyl (C=O) groups is 2. The summed E-state index contributed by atoms with van der Waals surface area (Å²) >= 11 is 6.21.